The van der Waals surface area contributed by atoms with E-state index in [4.69, 9.17) is 0 Å². The van der Waals surface area contributed by atoms with E-state index in [1.54, 1.807) is 24.3 Å². The minimum atomic E-state index is -3.74. The Morgan fingerprint density at radius 1 is 1.20 bits per heavy atom. The molecule has 2 aromatic rings. The van der Waals surface area contributed by atoms with Crippen molar-refractivity contribution in [3.05, 3.63) is 42.2 Å². The molecule has 0 aliphatic carbocycles. The van der Waals surface area contributed by atoms with Crippen molar-refractivity contribution in [2.45, 2.75) is 11.4 Å². The number of hydrogen-bond acceptors (Lipinski definition) is 4. The van der Waals surface area contributed by atoms with Crippen LogP contribution in [0.4, 0.5) is 5.69 Å². The van der Waals surface area contributed by atoms with Crippen LogP contribution in [0.5, 0.6) is 0 Å². The smallest absolute Gasteiger partial charge is 0.246 e. The van der Waals surface area contributed by atoms with E-state index >= 15 is 0 Å². The molecule has 0 saturated carbocycles. The van der Waals surface area contributed by atoms with Crippen LogP contribution in [0.2, 0.25) is 0 Å². The van der Waals surface area contributed by atoms with Gasteiger partial charge in [0.1, 0.15) is 4.90 Å². The molecule has 0 saturated heterocycles. The molecule has 7 nitrogen and oxygen atoms in total. The number of amides is 1. The molecule has 0 unspecified atom stereocenters. The Balaban J connectivity index is 2.01. The lowest BCUT2D eigenvalue weighted by Gasteiger charge is -2.17. The zero-order valence-corrected chi connectivity index (χ0v) is 11.2. The molecule has 1 aromatic heterocycles. The Hall–Kier alpha value is -2.19. The molecule has 1 aliphatic heterocycles. The number of carbonyl (C=O) groups excluding carboxylic acids is 1. The fourth-order valence-electron chi connectivity index (χ4n) is 2.08. The van der Waals surface area contributed by atoms with E-state index in [2.05, 4.69) is 15.5 Å². The lowest BCUT2D eigenvalue weighted by atomic mass is 10.2. The first-order valence-corrected chi connectivity index (χ1v) is 7.38. The number of nitrogens with one attached hydrogen (secondary N) is 2. The Kier molecular flexibility index (Phi) is 3.03. The summed E-state index contributed by atoms with van der Waals surface area (Å²) < 4.78 is 26.0. The molecule has 8 heteroatoms. The fraction of sp³-hybridized carbons (Fsp3) is 0.167. The number of aromatic nitrogens is 2. The summed E-state index contributed by atoms with van der Waals surface area (Å²) in [6.45, 7) is -0.0788. The molecule has 2 heterocycles. The van der Waals surface area contributed by atoms with E-state index in [0.717, 1.165) is 9.87 Å². The SMILES string of the molecule is O=C1CN(S(=O)(=O)c2cn[nH]c2)Cc2ccccc2N1. The monoisotopic (exact) mass is 292 g/mol. The van der Waals surface area contributed by atoms with Crippen molar-refractivity contribution >= 4 is 21.6 Å². The number of rotatable bonds is 2. The Bertz CT molecular complexity index is 740. The summed E-state index contributed by atoms with van der Waals surface area (Å²) in [7, 11) is -3.74. The third-order valence-corrected chi connectivity index (χ3v) is 4.83. The van der Waals surface area contributed by atoms with Gasteiger partial charge in [-0.15, -0.1) is 0 Å². The second-order valence-electron chi connectivity index (χ2n) is 4.41. The minimum Gasteiger partial charge on any atom is -0.325 e. The normalized spacial score (nSPS) is 16.3. The highest BCUT2D eigenvalue weighted by atomic mass is 32.2. The van der Waals surface area contributed by atoms with Crippen molar-refractivity contribution in [3.8, 4) is 0 Å². The number of anilines is 1. The molecule has 0 atom stereocenters. The first-order chi connectivity index (χ1) is 9.57. The van der Waals surface area contributed by atoms with E-state index in [1.165, 1.54) is 12.4 Å². The topological polar surface area (TPSA) is 95.2 Å². The first kappa shape index (κ1) is 12.8. The van der Waals surface area contributed by atoms with E-state index in [9.17, 15) is 13.2 Å². The number of fused-ring (bicyclic) bond motifs is 1. The molecule has 3 rings (SSSR count). The van der Waals surface area contributed by atoms with E-state index < -0.39 is 10.0 Å². The fourth-order valence-corrected chi connectivity index (χ4v) is 3.36. The molecule has 2 N–H and O–H groups in total. The Morgan fingerprint density at radius 2 is 2.00 bits per heavy atom. The largest absolute Gasteiger partial charge is 0.325 e. The van der Waals surface area contributed by atoms with Crippen LogP contribution in [-0.4, -0.2) is 35.4 Å². The van der Waals surface area contributed by atoms with Gasteiger partial charge in [-0.2, -0.15) is 9.40 Å². The van der Waals surface area contributed by atoms with Crippen molar-refractivity contribution in [1.82, 2.24) is 14.5 Å². The van der Waals surface area contributed by atoms with Crippen LogP contribution >= 0.6 is 0 Å². The number of carbonyl (C=O) groups is 1. The lowest BCUT2D eigenvalue weighted by Crippen LogP contribution is -2.35. The number of hydrogen-bond donors (Lipinski definition) is 2. The number of H-pyrrole nitrogens is 1. The van der Waals surface area contributed by atoms with Gasteiger partial charge in [-0.3, -0.25) is 9.89 Å². The van der Waals surface area contributed by atoms with Gasteiger partial charge < -0.3 is 5.32 Å². The molecule has 0 bridgehead atoms. The third-order valence-electron chi connectivity index (χ3n) is 3.07. The van der Waals surface area contributed by atoms with Gasteiger partial charge in [0.25, 0.3) is 0 Å². The van der Waals surface area contributed by atoms with Crippen LogP contribution in [-0.2, 0) is 21.4 Å². The molecule has 0 spiro atoms. The molecule has 0 radical (unpaired) electrons. The highest BCUT2D eigenvalue weighted by molar-refractivity contribution is 7.89. The number of sulfonamides is 1. The molecule has 1 aromatic carbocycles. The standard InChI is InChI=1S/C12H12N4O3S/c17-12-8-16(20(18,19)10-5-13-14-6-10)7-9-3-1-2-4-11(9)15-12/h1-6H,7-8H2,(H,13,14)(H,15,17). The predicted octanol–water partition coefficient (Wildman–Crippen LogP) is 0.553. The molecule has 1 aliphatic rings. The summed E-state index contributed by atoms with van der Waals surface area (Å²) in [5.41, 5.74) is 1.40. The number of aromatic amines is 1. The quantitative estimate of drug-likeness (QED) is 0.845. The maximum atomic E-state index is 12.4. The van der Waals surface area contributed by atoms with Crippen molar-refractivity contribution < 1.29 is 13.2 Å². The molecule has 0 fully saturated rings. The van der Waals surface area contributed by atoms with Crippen molar-refractivity contribution in [3.63, 3.8) is 0 Å². The lowest BCUT2D eigenvalue weighted by molar-refractivity contribution is -0.116. The number of benzene rings is 1. The third kappa shape index (κ3) is 2.19. The highest BCUT2D eigenvalue weighted by Crippen LogP contribution is 2.24. The Morgan fingerprint density at radius 3 is 2.75 bits per heavy atom. The average molecular weight is 292 g/mol. The minimum absolute atomic E-state index is 0.0460. The van der Waals surface area contributed by atoms with Gasteiger partial charge in [-0.1, -0.05) is 18.2 Å². The van der Waals surface area contributed by atoms with Crippen molar-refractivity contribution in [1.29, 1.82) is 0 Å². The average Bonchev–Trinajstić information content (AvgIpc) is 2.89. The summed E-state index contributed by atoms with van der Waals surface area (Å²) in [6, 6.07) is 7.14. The summed E-state index contributed by atoms with van der Waals surface area (Å²) in [6.07, 6.45) is 2.52. The molecular formula is C12H12N4O3S. The van der Waals surface area contributed by atoms with Crippen LogP contribution in [0.15, 0.2) is 41.6 Å². The van der Waals surface area contributed by atoms with E-state index in [0.29, 0.717) is 5.69 Å². The summed E-state index contributed by atoms with van der Waals surface area (Å²) in [5.74, 6) is -0.359. The number of nitrogens with zero attached hydrogens (tertiary/aromatic N) is 2. The van der Waals surface area contributed by atoms with Gasteiger partial charge in [0.15, 0.2) is 0 Å². The van der Waals surface area contributed by atoms with Gasteiger partial charge >= 0.3 is 0 Å². The van der Waals surface area contributed by atoms with E-state index in [-0.39, 0.29) is 23.9 Å². The summed E-state index contributed by atoms with van der Waals surface area (Å²) in [4.78, 5) is 11.9. The van der Waals surface area contributed by atoms with Gasteiger partial charge in [-0.05, 0) is 11.6 Å². The van der Waals surface area contributed by atoms with Crippen molar-refractivity contribution in [2.24, 2.45) is 0 Å². The van der Waals surface area contributed by atoms with Gasteiger partial charge in [-0.25, -0.2) is 8.42 Å². The van der Waals surface area contributed by atoms with Gasteiger partial charge in [0.2, 0.25) is 15.9 Å². The van der Waals surface area contributed by atoms with Crippen LogP contribution in [0.3, 0.4) is 0 Å². The zero-order valence-electron chi connectivity index (χ0n) is 10.4. The molecule has 1 amide bonds. The first-order valence-electron chi connectivity index (χ1n) is 5.94. The second-order valence-corrected chi connectivity index (χ2v) is 6.35. The second kappa shape index (κ2) is 4.73. The molecule has 104 valence electrons. The number of para-hydroxylation sites is 1. The highest BCUT2D eigenvalue weighted by Gasteiger charge is 2.30. The predicted molar refractivity (Wildman–Crippen MR) is 71.3 cm³/mol. The summed E-state index contributed by atoms with van der Waals surface area (Å²) in [5, 5.41) is 8.80. The van der Waals surface area contributed by atoms with Crippen molar-refractivity contribution in [2.75, 3.05) is 11.9 Å². The zero-order chi connectivity index (χ0) is 14.2. The van der Waals surface area contributed by atoms with Crippen LogP contribution in [0.25, 0.3) is 0 Å². The summed E-state index contributed by atoms with van der Waals surface area (Å²) >= 11 is 0. The molecular weight excluding hydrogens is 280 g/mol. The van der Waals surface area contributed by atoms with Crippen LogP contribution in [0, 0.1) is 0 Å². The van der Waals surface area contributed by atoms with Crippen LogP contribution < -0.4 is 5.32 Å². The Labute approximate surface area is 115 Å². The molecule has 20 heavy (non-hydrogen) atoms. The maximum absolute atomic E-state index is 12.4. The van der Waals surface area contributed by atoms with Gasteiger partial charge in [0, 0.05) is 18.4 Å². The van der Waals surface area contributed by atoms with Gasteiger partial charge in [0.05, 0.1) is 12.7 Å². The van der Waals surface area contributed by atoms with Crippen LogP contribution in [0.1, 0.15) is 5.56 Å². The maximum Gasteiger partial charge on any atom is 0.246 e. The van der Waals surface area contributed by atoms with E-state index in [1.807, 2.05) is 0 Å².